The van der Waals surface area contributed by atoms with Gasteiger partial charge in [0.05, 0.1) is 18.9 Å². The maximum absolute atomic E-state index is 12.6. The number of nitrogens with one attached hydrogen (secondary N) is 1. The minimum absolute atomic E-state index is 0.181. The van der Waals surface area contributed by atoms with Gasteiger partial charge >= 0.3 is 0 Å². The molecule has 5 nitrogen and oxygen atoms in total. The lowest BCUT2D eigenvalue weighted by atomic mass is 9.41. The maximum Gasteiger partial charge on any atom is 0.221 e. The van der Waals surface area contributed by atoms with Crippen molar-refractivity contribution in [3.8, 4) is 0 Å². The van der Waals surface area contributed by atoms with E-state index >= 15 is 0 Å². The summed E-state index contributed by atoms with van der Waals surface area (Å²) >= 11 is 0. The van der Waals surface area contributed by atoms with E-state index < -0.39 is 0 Å². The third kappa shape index (κ3) is 4.57. The minimum atomic E-state index is -0.224. The average molecular weight is 503 g/mol. The van der Waals surface area contributed by atoms with Crippen molar-refractivity contribution >= 4 is 5.91 Å². The predicted octanol–water partition coefficient (Wildman–Crippen LogP) is 5.20. The Balaban J connectivity index is 1.25. The summed E-state index contributed by atoms with van der Waals surface area (Å²) in [6.07, 6.45) is 12.7. The van der Waals surface area contributed by atoms with E-state index in [1.165, 1.54) is 38.5 Å². The average Bonchev–Trinajstić information content (AvgIpc) is 3.50. The van der Waals surface area contributed by atoms with Gasteiger partial charge in [-0.15, -0.1) is 0 Å². The smallest absolute Gasteiger partial charge is 0.221 e. The normalized spacial score (nSPS) is 47.6. The number of aliphatic hydroxyl groups excluding tert-OH is 2. The van der Waals surface area contributed by atoms with Crippen molar-refractivity contribution in [2.75, 3.05) is 19.8 Å². The number of hydrogen-bond acceptors (Lipinski definition) is 4. The summed E-state index contributed by atoms with van der Waals surface area (Å²) in [5.74, 6) is 3.80. The number of aliphatic hydroxyl groups is 2. The third-order valence-corrected chi connectivity index (χ3v) is 12.7. The van der Waals surface area contributed by atoms with Crippen LogP contribution in [0.25, 0.3) is 0 Å². The molecular formula is C31H54N2O3. The van der Waals surface area contributed by atoms with E-state index in [-0.39, 0.29) is 28.9 Å². The fourth-order valence-corrected chi connectivity index (χ4v) is 10.7. The number of carbonyl (C=O) groups is 1. The largest absolute Gasteiger partial charge is 0.393 e. The van der Waals surface area contributed by atoms with Crippen LogP contribution in [0.4, 0.5) is 0 Å². The fourth-order valence-electron chi connectivity index (χ4n) is 10.7. The molecule has 4 aliphatic carbocycles. The molecule has 5 heteroatoms. The summed E-state index contributed by atoms with van der Waals surface area (Å²) in [6, 6.07) is 0. The molecule has 1 saturated heterocycles. The highest BCUT2D eigenvalue weighted by atomic mass is 16.3. The molecule has 5 aliphatic rings. The minimum Gasteiger partial charge on any atom is -0.393 e. The molecule has 0 radical (unpaired) electrons. The molecule has 5 rings (SSSR count). The first-order valence-electron chi connectivity index (χ1n) is 15.5. The number of amides is 1. The van der Waals surface area contributed by atoms with Crippen LogP contribution in [0.15, 0.2) is 0 Å². The second kappa shape index (κ2) is 10.5. The first-order valence-corrected chi connectivity index (χ1v) is 15.5. The van der Waals surface area contributed by atoms with Crippen molar-refractivity contribution in [3.05, 3.63) is 0 Å². The number of hydrogen-bond donors (Lipinski definition) is 3. The maximum atomic E-state index is 12.6. The number of carbonyl (C=O) groups excluding carboxylic acids is 1. The molecule has 4 saturated carbocycles. The molecule has 0 aromatic carbocycles. The van der Waals surface area contributed by atoms with Gasteiger partial charge in [0.25, 0.3) is 0 Å². The Morgan fingerprint density at radius 3 is 2.42 bits per heavy atom. The SMILES string of the molecule is CC[C@H]1[C@@H](O)[C@@H]2[C@H](CC[C@]3(C)[C@@H]([C@H](C)CCC(=O)NCN4CCCC4)CC[C@@H]23)[C@@]2(C)CC[C@@H](O)C[C@@H]12. The Hall–Kier alpha value is -0.650. The quantitative estimate of drug-likeness (QED) is 0.447. The van der Waals surface area contributed by atoms with Gasteiger partial charge in [0.2, 0.25) is 5.91 Å². The van der Waals surface area contributed by atoms with E-state index in [9.17, 15) is 15.0 Å². The van der Waals surface area contributed by atoms with Gasteiger partial charge in [-0.2, -0.15) is 0 Å². The van der Waals surface area contributed by atoms with Gasteiger partial charge in [0.1, 0.15) is 0 Å². The zero-order chi connectivity index (χ0) is 25.7. The zero-order valence-electron chi connectivity index (χ0n) is 23.6. The topological polar surface area (TPSA) is 72.8 Å². The Bertz CT molecular complexity index is 784. The van der Waals surface area contributed by atoms with E-state index in [1.54, 1.807) is 0 Å². The molecule has 206 valence electrons. The highest BCUT2D eigenvalue weighted by Crippen LogP contribution is 2.69. The van der Waals surface area contributed by atoms with Crippen LogP contribution >= 0.6 is 0 Å². The van der Waals surface area contributed by atoms with Crippen LogP contribution in [0.5, 0.6) is 0 Å². The van der Waals surface area contributed by atoms with Gasteiger partial charge in [0, 0.05) is 6.42 Å². The second-order valence-corrected chi connectivity index (χ2v) is 14.2. The first-order chi connectivity index (χ1) is 17.2. The van der Waals surface area contributed by atoms with Gasteiger partial charge in [-0.25, -0.2) is 0 Å². The van der Waals surface area contributed by atoms with Crippen LogP contribution in [0.2, 0.25) is 0 Å². The van der Waals surface area contributed by atoms with Crippen molar-refractivity contribution in [2.45, 2.75) is 117 Å². The molecule has 3 N–H and O–H groups in total. The highest BCUT2D eigenvalue weighted by molar-refractivity contribution is 5.75. The predicted molar refractivity (Wildman–Crippen MR) is 144 cm³/mol. The Labute approximate surface area is 220 Å². The molecule has 0 bridgehead atoms. The number of nitrogens with zero attached hydrogens (tertiary/aromatic N) is 1. The molecule has 1 heterocycles. The Kier molecular flexibility index (Phi) is 7.85. The van der Waals surface area contributed by atoms with Crippen LogP contribution in [-0.4, -0.2) is 53.0 Å². The van der Waals surface area contributed by atoms with E-state index in [0.29, 0.717) is 54.5 Å². The lowest BCUT2D eigenvalue weighted by Gasteiger charge is -2.64. The number of rotatable bonds is 7. The summed E-state index contributed by atoms with van der Waals surface area (Å²) in [5, 5.41) is 25.5. The van der Waals surface area contributed by atoms with Crippen LogP contribution in [0, 0.1) is 52.3 Å². The van der Waals surface area contributed by atoms with Crippen molar-refractivity contribution in [1.29, 1.82) is 0 Å². The molecular weight excluding hydrogens is 448 g/mol. The van der Waals surface area contributed by atoms with Crippen LogP contribution in [0.3, 0.4) is 0 Å². The van der Waals surface area contributed by atoms with E-state index in [1.807, 2.05) is 0 Å². The van der Waals surface area contributed by atoms with E-state index in [2.05, 4.69) is 37.9 Å². The van der Waals surface area contributed by atoms with Crippen molar-refractivity contribution in [2.24, 2.45) is 52.3 Å². The summed E-state index contributed by atoms with van der Waals surface area (Å²) in [7, 11) is 0. The second-order valence-electron chi connectivity index (χ2n) is 14.2. The van der Waals surface area contributed by atoms with Gasteiger partial charge in [0.15, 0.2) is 0 Å². The molecule has 1 amide bonds. The van der Waals surface area contributed by atoms with Crippen LogP contribution < -0.4 is 5.32 Å². The summed E-state index contributed by atoms with van der Waals surface area (Å²) in [4.78, 5) is 14.9. The summed E-state index contributed by atoms with van der Waals surface area (Å²) < 4.78 is 0. The third-order valence-electron chi connectivity index (χ3n) is 12.7. The Morgan fingerprint density at radius 2 is 1.69 bits per heavy atom. The monoisotopic (exact) mass is 502 g/mol. The Morgan fingerprint density at radius 1 is 1.00 bits per heavy atom. The van der Waals surface area contributed by atoms with Crippen LogP contribution in [-0.2, 0) is 4.79 Å². The lowest BCUT2D eigenvalue weighted by molar-refractivity contribution is -0.203. The van der Waals surface area contributed by atoms with E-state index in [0.717, 1.165) is 45.2 Å². The van der Waals surface area contributed by atoms with E-state index in [4.69, 9.17) is 0 Å². The summed E-state index contributed by atoms with van der Waals surface area (Å²) in [5.41, 5.74) is 0.547. The van der Waals surface area contributed by atoms with Gasteiger partial charge in [-0.05, 0) is 130 Å². The molecule has 5 fully saturated rings. The molecule has 0 unspecified atom stereocenters. The van der Waals surface area contributed by atoms with Crippen LogP contribution in [0.1, 0.15) is 105 Å². The lowest BCUT2D eigenvalue weighted by Crippen LogP contribution is -2.62. The summed E-state index contributed by atoms with van der Waals surface area (Å²) in [6.45, 7) is 12.7. The molecule has 0 aromatic rings. The molecule has 1 aliphatic heterocycles. The number of likely N-dealkylation sites (tertiary alicyclic amines) is 1. The highest BCUT2D eigenvalue weighted by Gasteiger charge is 2.64. The zero-order valence-corrected chi connectivity index (χ0v) is 23.6. The van der Waals surface area contributed by atoms with Crippen molar-refractivity contribution in [1.82, 2.24) is 10.2 Å². The van der Waals surface area contributed by atoms with Crippen molar-refractivity contribution in [3.63, 3.8) is 0 Å². The van der Waals surface area contributed by atoms with Gasteiger partial charge in [-0.1, -0.05) is 34.1 Å². The number of fused-ring (bicyclic) bond motifs is 5. The molecule has 36 heavy (non-hydrogen) atoms. The first kappa shape index (κ1) is 26.9. The fraction of sp³-hybridized carbons (Fsp3) is 0.968. The van der Waals surface area contributed by atoms with Gasteiger partial charge < -0.3 is 15.5 Å². The standard InChI is InChI=1S/C31H54N2O3/c1-5-22-26-18-21(34)12-14-31(26,4)25-13-15-30(3)23(9-10-24(30)28(25)29(22)36)20(2)8-11-27(35)32-19-33-16-6-7-17-33/h20-26,28-29,34,36H,5-19H2,1-4H3,(H,32,35)/t20-,21-,22-,23-,24+,25+,26+,28+,29-,30-,31-/m1/s1. The molecule has 0 aromatic heterocycles. The van der Waals surface area contributed by atoms with Gasteiger partial charge in [-0.3, -0.25) is 9.69 Å². The molecule has 11 atom stereocenters. The van der Waals surface area contributed by atoms with Crippen molar-refractivity contribution < 1.29 is 15.0 Å². The molecule has 0 spiro atoms.